The van der Waals surface area contributed by atoms with E-state index in [0.29, 0.717) is 5.16 Å². The maximum atomic E-state index is 3.89. The van der Waals surface area contributed by atoms with E-state index in [4.69, 9.17) is 0 Å². The van der Waals surface area contributed by atoms with Crippen molar-refractivity contribution in [2.75, 3.05) is 0 Å². The van der Waals surface area contributed by atoms with Gasteiger partial charge < -0.3 is 0 Å². The predicted molar refractivity (Wildman–Crippen MR) is 33.2 cm³/mol. The van der Waals surface area contributed by atoms with E-state index in [1.54, 1.807) is 18.5 Å². The number of rotatable bonds is 1. The third kappa shape index (κ3) is 3.28. The molecule has 1 radical (unpaired) electrons. The van der Waals surface area contributed by atoms with E-state index in [9.17, 15) is 0 Å². The summed E-state index contributed by atoms with van der Waals surface area (Å²) in [7, 11) is 0. The second kappa shape index (κ2) is 5.33. The molecular weight excluding hydrogens is 209 g/mol. The van der Waals surface area contributed by atoms with Crippen molar-refractivity contribution in [3.05, 3.63) is 24.7 Å². The van der Waals surface area contributed by atoms with Crippen LogP contribution in [0.25, 0.3) is 0 Å². The Morgan fingerprint density at radius 2 is 1.89 bits per heavy atom. The molecule has 2 nitrogen and oxygen atoms in total. The monoisotopic (exact) mass is 214 g/mol. The van der Waals surface area contributed by atoms with Crippen molar-refractivity contribution in [1.82, 2.24) is 9.97 Å². The SMILES string of the molecule is [CH2-]Sc1ncccn1.[Y]. The quantitative estimate of drug-likeness (QED) is 0.401. The molecule has 0 fully saturated rings. The molecule has 1 rings (SSSR count). The smallest absolute Gasteiger partial charge is 0.154 e. The van der Waals surface area contributed by atoms with Crippen molar-refractivity contribution in [2.24, 2.45) is 0 Å². The summed E-state index contributed by atoms with van der Waals surface area (Å²) in [5.74, 6) is 0. The molecule has 0 amide bonds. The average Bonchev–Trinajstić information content (AvgIpc) is 1.90. The first kappa shape index (κ1) is 9.53. The van der Waals surface area contributed by atoms with E-state index in [0.717, 1.165) is 0 Å². The van der Waals surface area contributed by atoms with Gasteiger partial charge in [-0.2, -0.15) is 0 Å². The molecule has 0 atom stereocenters. The molecule has 0 N–H and O–H groups in total. The zero-order chi connectivity index (χ0) is 5.82. The minimum atomic E-state index is 0. The average molecular weight is 214 g/mol. The fourth-order valence-corrected chi connectivity index (χ4v) is 0.631. The second-order valence-electron chi connectivity index (χ2n) is 1.18. The van der Waals surface area contributed by atoms with Crippen LogP contribution in [-0.4, -0.2) is 9.97 Å². The number of aromatic nitrogens is 2. The van der Waals surface area contributed by atoms with E-state index in [1.165, 1.54) is 11.8 Å². The van der Waals surface area contributed by atoms with E-state index in [1.807, 2.05) is 0 Å². The second-order valence-corrected chi connectivity index (χ2v) is 1.83. The molecule has 0 aromatic carbocycles. The Labute approximate surface area is 83.7 Å². The molecule has 1 aromatic heterocycles. The molecule has 0 aliphatic rings. The van der Waals surface area contributed by atoms with Gasteiger partial charge in [-0.1, -0.05) is 0 Å². The van der Waals surface area contributed by atoms with Crippen LogP contribution >= 0.6 is 11.8 Å². The molecular formula is C5H5N2SY-. The minimum Gasteiger partial charge on any atom is -0.281 e. The molecule has 1 heterocycles. The molecule has 4 heteroatoms. The van der Waals surface area contributed by atoms with Gasteiger partial charge in [-0.25, -0.2) is 9.97 Å². The first-order chi connectivity index (χ1) is 3.93. The Balaban J connectivity index is 0.000000640. The Bertz CT molecular complexity index is 156. The molecule has 0 aliphatic heterocycles. The number of hydrogen-bond acceptors (Lipinski definition) is 3. The maximum absolute atomic E-state index is 3.89. The van der Waals surface area contributed by atoms with E-state index >= 15 is 0 Å². The molecule has 0 aliphatic carbocycles. The Kier molecular flexibility index (Phi) is 5.65. The Morgan fingerprint density at radius 3 is 2.22 bits per heavy atom. The van der Waals surface area contributed by atoms with Gasteiger partial charge in [0.05, 0.1) is 0 Å². The van der Waals surface area contributed by atoms with Crippen LogP contribution in [0.4, 0.5) is 0 Å². The summed E-state index contributed by atoms with van der Waals surface area (Å²) in [5, 5.41) is 0.715. The van der Waals surface area contributed by atoms with Gasteiger partial charge in [0.2, 0.25) is 0 Å². The summed E-state index contributed by atoms with van der Waals surface area (Å²) in [6.45, 7) is 0. The van der Waals surface area contributed by atoms with E-state index < -0.39 is 0 Å². The Morgan fingerprint density at radius 1 is 1.33 bits per heavy atom. The molecule has 0 spiro atoms. The molecule has 9 heavy (non-hydrogen) atoms. The number of hydrogen-bond donors (Lipinski definition) is 0. The molecule has 0 bridgehead atoms. The zero-order valence-corrected chi connectivity index (χ0v) is 8.47. The molecule has 1 aromatic rings. The largest absolute Gasteiger partial charge is 0.281 e. The topological polar surface area (TPSA) is 25.8 Å². The van der Waals surface area contributed by atoms with Gasteiger partial charge in [0.15, 0.2) is 5.16 Å². The van der Waals surface area contributed by atoms with Gasteiger partial charge in [-0.3, -0.25) is 18.0 Å². The molecule has 0 saturated carbocycles. The van der Waals surface area contributed by atoms with Gasteiger partial charge >= 0.3 is 0 Å². The predicted octanol–water partition coefficient (Wildman–Crippen LogP) is 1.36. The number of thioether (sulfide) groups is 1. The first-order valence-electron chi connectivity index (χ1n) is 2.12. The van der Waals surface area contributed by atoms with Crippen LogP contribution in [0.3, 0.4) is 0 Å². The Hall–Kier alpha value is 0.534. The summed E-state index contributed by atoms with van der Waals surface area (Å²) < 4.78 is 0. The van der Waals surface area contributed by atoms with Crippen LogP contribution in [0, 0.1) is 6.26 Å². The van der Waals surface area contributed by atoms with Gasteiger partial charge in [-0.15, -0.1) is 0 Å². The fraction of sp³-hybridized carbons (Fsp3) is 0. The van der Waals surface area contributed by atoms with Gasteiger partial charge in [0.25, 0.3) is 0 Å². The molecule has 45 valence electrons. The van der Waals surface area contributed by atoms with Crippen LogP contribution in [0.1, 0.15) is 0 Å². The third-order valence-corrected chi connectivity index (χ3v) is 1.14. The van der Waals surface area contributed by atoms with Gasteiger partial charge in [0.1, 0.15) is 0 Å². The summed E-state index contributed by atoms with van der Waals surface area (Å²) in [4.78, 5) is 7.77. The van der Waals surface area contributed by atoms with Crippen molar-refractivity contribution in [3.63, 3.8) is 0 Å². The van der Waals surface area contributed by atoms with Crippen LogP contribution < -0.4 is 0 Å². The van der Waals surface area contributed by atoms with E-state index in [2.05, 4.69) is 16.2 Å². The van der Waals surface area contributed by atoms with Crippen molar-refractivity contribution in [2.45, 2.75) is 5.16 Å². The van der Waals surface area contributed by atoms with Crippen LogP contribution in [0.15, 0.2) is 23.6 Å². The van der Waals surface area contributed by atoms with Gasteiger partial charge in [0, 0.05) is 45.1 Å². The summed E-state index contributed by atoms with van der Waals surface area (Å²) in [5.41, 5.74) is 0. The summed E-state index contributed by atoms with van der Waals surface area (Å²) in [6, 6.07) is 1.78. The standard InChI is InChI=1S/C5H5N2S.Y/c1-8-5-6-3-2-4-7-5;/h2-4H,1H2;/q-1;. The van der Waals surface area contributed by atoms with Crippen molar-refractivity contribution < 1.29 is 32.7 Å². The normalized spacial score (nSPS) is 8.11. The first-order valence-corrected chi connectivity index (χ1v) is 3.11. The summed E-state index contributed by atoms with van der Waals surface area (Å²) >= 11 is 1.30. The van der Waals surface area contributed by atoms with Crippen LogP contribution in [-0.2, 0) is 32.7 Å². The summed E-state index contributed by atoms with van der Waals surface area (Å²) in [6.07, 6.45) is 6.94. The molecule has 0 unspecified atom stereocenters. The third-order valence-electron chi connectivity index (χ3n) is 0.671. The number of nitrogens with zero attached hydrogens (tertiary/aromatic N) is 2. The van der Waals surface area contributed by atoms with Crippen molar-refractivity contribution in [3.8, 4) is 0 Å². The maximum Gasteiger partial charge on any atom is 0.154 e. The fourth-order valence-electron chi connectivity index (χ4n) is 0.360. The van der Waals surface area contributed by atoms with Crippen LogP contribution in [0.5, 0.6) is 0 Å². The van der Waals surface area contributed by atoms with E-state index in [-0.39, 0.29) is 32.7 Å². The van der Waals surface area contributed by atoms with Crippen LogP contribution in [0.2, 0.25) is 0 Å². The van der Waals surface area contributed by atoms with Crippen molar-refractivity contribution in [1.29, 1.82) is 0 Å². The minimum absolute atomic E-state index is 0. The van der Waals surface area contributed by atoms with Crippen molar-refractivity contribution >= 4 is 11.8 Å². The zero-order valence-electron chi connectivity index (χ0n) is 4.82. The van der Waals surface area contributed by atoms with Gasteiger partial charge in [-0.05, 0) is 6.07 Å². The molecule has 0 saturated heterocycles.